The van der Waals surface area contributed by atoms with Gasteiger partial charge in [0, 0.05) is 6.07 Å². The normalized spacial score (nSPS) is 10.0. The van der Waals surface area contributed by atoms with Crippen LogP contribution < -0.4 is 5.32 Å². The van der Waals surface area contributed by atoms with Gasteiger partial charge < -0.3 is 9.84 Å². The van der Waals surface area contributed by atoms with E-state index in [1.54, 1.807) is 0 Å². The van der Waals surface area contributed by atoms with E-state index < -0.39 is 17.7 Å². The van der Waals surface area contributed by atoms with E-state index in [0.717, 1.165) is 12.1 Å². The van der Waals surface area contributed by atoms with Gasteiger partial charge in [-0.05, 0) is 22.0 Å². The van der Waals surface area contributed by atoms with Crippen molar-refractivity contribution in [3.8, 4) is 0 Å². The van der Waals surface area contributed by atoms with Gasteiger partial charge >= 0.3 is 6.09 Å². The van der Waals surface area contributed by atoms with Crippen LogP contribution >= 0.6 is 15.9 Å². The van der Waals surface area contributed by atoms with E-state index >= 15 is 0 Å². The van der Waals surface area contributed by atoms with Gasteiger partial charge in [0.25, 0.3) is 0 Å². The Kier molecular flexibility index (Phi) is 4.63. The first-order valence-electron chi connectivity index (χ1n) is 4.23. The highest BCUT2D eigenvalue weighted by molar-refractivity contribution is 9.10. The number of hydrogen-bond donors (Lipinski definition) is 2. The van der Waals surface area contributed by atoms with Crippen molar-refractivity contribution in [2.24, 2.45) is 0 Å². The SMILES string of the molecule is O=C(Nc1cc(F)c(Br)cc1F)OCCO. The molecule has 0 bridgehead atoms. The van der Waals surface area contributed by atoms with Gasteiger partial charge in [-0.2, -0.15) is 0 Å². The van der Waals surface area contributed by atoms with Gasteiger partial charge in [0.1, 0.15) is 18.2 Å². The van der Waals surface area contributed by atoms with Crippen LogP contribution in [0.5, 0.6) is 0 Å². The molecule has 0 aromatic heterocycles. The van der Waals surface area contributed by atoms with Gasteiger partial charge in [-0.15, -0.1) is 0 Å². The second kappa shape index (κ2) is 5.76. The second-order valence-electron chi connectivity index (χ2n) is 2.73. The van der Waals surface area contributed by atoms with Crippen LogP contribution in [0.25, 0.3) is 0 Å². The molecule has 1 amide bonds. The Bertz CT molecular complexity index is 401. The maximum atomic E-state index is 13.2. The largest absolute Gasteiger partial charge is 0.447 e. The molecule has 1 aromatic rings. The molecule has 0 heterocycles. The van der Waals surface area contributed by atoms with E-state index in [1.807, 2.05) is 5.32 Å². The Morgan fingerprint density at radius 2 is 2.12 bits per heavy atom. The minimum atomic E-state index is -0.963. The number of amides is 1. The summed E-state index contributed by atoms with van der Waals surface area (Å²) in [5, 5.41) is 10.4. The van der Waals surface area contributed by atoms with Crippen LogP contribution in [0.15, 0.2) is 16.6 Å². The number of carbonyl (C=O) groups is 1. The minimum absolute atomic E-state index is 0.0423. The van der Waals surface area contributed by atoms with Crippen molar-refractivity contribution in [3.63, 3.8) is 0 Å². The first-order valence-corrected chi connectivity index (χ1v) is 5.03. The van der Waals surface area contributed by atoms with Crippen molar-refractivity contribution < 1.29 is 23.4 Å². The summed E-state index contributed by atoms with van der Waals surface area (Å²) in [5.41, 5.74) is -0.330. The molecule has 1 aromatic carbocycles. The number of aliphatic hydroxyl groups excluding tert-OH is 1. The number of nitrogens with one attached hydrogen (secondary N) is 1. The van der Waals surface area contributed by atoms with Crippen molar-refractivity contribution >= 4 is 27.7 Å². The van der Waals surface area contributed by atoms with E-state index in [1.165, 1.54) is 0 Å². The smallest absolute Gasteiger partial charge is 0.411 e. The highest BCUT2D eigenvalue weighted by Gasteiger charge is 2.11. The quantitative estimate of drug-likeness (QED) is 0.841. The first kappa shape index (κ1) is 12.9. The van der Waals surface area contributed by atoms with Gasteiger partial charge in [0.05, 0.1) is 16.8 Å². The molecule has 88 valence electrons. The van der Waals surface area contributed by atoms with Crippen molar-refractivity contribution in [2.75, 3.05) is 18.5 Å². The fourth-order valence-electron chi connectivity index (χ4n) is 0.903. The van der Waals surface area contributed by atoms with Crippen LogP contribution in [-0.4, -0.2) is 24.4 Å². The highest BCUT2D eigenvalue weighted by Crippen LogP contribution is 2.23. The molecule has 0 unspecified atom stereocenters. The molecule has 7 heteroatoms. The zero-order chi connectivity index (χ0) is 12.1. The zero-order valence-electron chi connectivity index (χ0n) is 7.97. The standard InChI is InChI=1S/C9H8BrF2NO3/c10-5-3-7(12)8(4-6(5)11)13-9(15)16-2-1-14/h3-4,14H,1-2H2,(H,13,15). The van der Waals surface area contributed by atoms with Crippen LogP contribution in [0.4, 0.5) is 19.3 Å². The molecule has 4 nitrogen and oxygen atoms in total. The summed E-state index contributed by atoms with van der Waals surface area (Å²) < 4.78 is 30.6. The predicted molar refractivity (Wildman–Crippen MR) is 56.1 cm³/mol. The maximum absolute atomic E-state index is 13.2. The lowest BCUT2D eigenvalue weighted by Crippen LogP contribution is -2.16. The Hall–Kier alpha value is -1.21. The summed E-state index contributed by atoms with van der Waals surface area (Å²) in [4.78, 5) is 11.0. The van der Waals surface area contributed by atoms with E-state index in [4.69, 9.17) is 5.11 Å². The summed E-state index contributed by atoms with van der Waals surface area (Å²) in [5.74, 6) is -1.51. The summed E-state index contributed by atoms with van der Waals surface area (Å²) in [6.07, 6.45) is -0.963. The van der Waals surface area contributed by atoms with Crippen molar-refractivity contribution in [3.05, 3.63) is 28.2 Å². The minimum Gasteiger partial charge on any atom is -0.447 e. The van der Waals surface area contributed by atoms with Gasteiger partial charge in [0.15, 0.2) is 0 Å². The number of benzene rings is 1. The number of ether oxygens (including phenoxy) is 1. The lowest BCUT2D eigenvalue weighted by Gasteiger charge is -2.07. The van der Waals surface area contributed by atoms with Crippen LogP contribution in [0.3, 0.4) is 0 Å². The van der Waals surface area contributed by atoms with Crippen LogP contribution in [0, 0.1) is 11.6 Å². The van der Waals surface area contributed by atoms with Crippen molar-refractivity contribution in [2.45, 2.75) is 0 Å². The van der Waals surface area contributed by atoms with Crippen molar-refractivity contribution in [1.82, 2.24) is 0 Å². The fraction of sp³-hybridized carbons (Fsp3) is 0.222. The second-order valence-corrected chi connectivity index (χ2v) is 3.59. The van der Waals surface area contributed by atoms with Crippen LogP contribution in [0.1, 0.15) is 0 Å². The van der Waals surface area contributed by atoms with Crippen molar-refractivity contribution in [1.29, 1.82) is 0 Å². The molecular weight excluding hydrogens is 288 g/mol. The number of carbonyl (C=O) groups excluding carboxylic acids is 1. The molecule has 0 saturated heterocycles. The molecule has 0 saturated carbocycles. The number of halogens is 3. The predicted octanol–water partition coefficient (Wildman–Crippen LogP) is 2.27. The molecule has 0 radical (unpaired) electrons. The van der Waals surface area contributed by atoms with Gasteiger partial charge in [-0.25, -0.2) is 13.6 Å². The Morgan fingerprint density at radius 3 is 2.75 bits per heavy atom. The van der Waals surface area contributed by atoms with E-state index in [9.17, 15) is 13.6 Å². The van der Waals surface area contributed by atoms with Gasteiger partial charge in [-0.3, -0.25) is 5.32 Å². The van der Waals surface area contributed by atoms with Gasteiger partial charge in [0.2, 0.25) is 0 Å². The topological polar surface area (TPSA) is 58.6 Å². The van der Waals surface area contributed by atoms with E-state index in [0.29, 0.717) is 0 Å². The monoisotopic (exact) mass is 295 g/mol. The Labute approximate surface area is 98.3 Å². The fourth-order valence-corrected chi connectivity index (χ4v) is 1.22. The molecule has 0 aliphatic heterocycles. The zero-order valence-corrected chi connectivity index (χ0v) is 9.55. The summed E-state index contributed by atoms with van der Waals surface area (Å²) in [6, 6.07) is 1.70. The first-order chi connectivity index (χ1) is 7.54. The molecule has 0 aliphatic rings. The van der Waals surface area contributed by atoms with E-state index in [-0.39, 0.29) is 23.4 Å². The third kappa shape index (κ3) is 3.42. The molecule has 0 aliphatic carbocycles. The average molecular weight is 296 g/mol. The lowest BCUT2D eigenvalue weighted by molar-refractivity contribution is 0.131. The Morgan fingerprint density at radius 1 is 1.44 bits per heavy atom. The highest BCUT2D eigenvalue weighted by atomic mass is 79.9. The molecule has 16 heavy (non-hydrogen) atoms. The number of rotatable bonds is 3. The van der Waals surface area contributed by atoms with Gasteiger partial charge in [-0.1, -0.05) is 0 Å². The Balaban J connectivity index is 2.73. The third-order valence-electron chi connectivity index (χ3n) is 1.57. The molecule has 1 rings (SSSR count). The lowest BCUT2D eigenvalue weighted by atomic mass is 10.3. The molecular formula is C9H8BrF2NO3. The summed E-state index contributed by atoms with van der Waals surface area (Å²) >= 11 is 2.80. The molecule has 2 N–H and O–H groups in total. The van der Waals surface area contributed by atoms with Crippen LogP contribution in [-0.2, 0) is 4.74 Å². The van der Waals surface area contributed by atoms with Crippen LogP contribution in [0.2, 0.25) is 0 Å². The number of anilines is 1. The molecule has 0 atom stereocenters. The average Bonchev–Trinajstić information content (AvgIpc) is 2.23. The molecule has 0 fully saturated rings. The maximum Gasteiger partial charge on any atom is 0.411 e. The summed E-state index contributed by atoms with van der Waals surface area (Å²) in [7, 11) is 0. The number of aliphatic hydroxyl groups is 1. The number of hydrogen-bond acceptors (Lipinski definition) is 3. The molecule has 0 spiro atoms. The summed E-state index contributed by atoms with van der Waals surface area (Å²) in [6.45, 7) is -0.558. The van der Waals surface area contributed by atoms with E-state index in [2.05, 4.69) is 20.7 Å². The third-order valence-corrected chi connectivity index (χ3v) is 2.18.